The Labute approximate surface area is 101 Å². The van der Waals surface area contributed by atoms with Crippen LogP contribution in [0.4, 0.5) is 0 Å². The van der Waals surface area contributed by atoms with Crippen LogP contribution in [0.15, 0.2) is 0 Å². The Morgan fingerprint density at radius 1 is 1.25 bits per heavy atom. The van der Waals surface area contributed by atoms with Gasteiger partial charge in [-0.1, -0.05) is 20.3 Å². The minimum Gasteiger partial charge on any atom is -0.313 e. The highest BCUT2D eigenvalue weighted by atomic mass is 15.1. The van der Waals surface area contributed by atoms with Gasteiger partial charge in [-0.2, -0.15) is 0 Å². The van der Waals surface area contributed by atoms with Crippen LogP contribution in [0.3, 0.4) is 0 Å². The molecule has 94 valence electrons. The molecule has 0 radical (unpaired) electrons. The third kappa shape index (κ3) is 3.21. The van der Waals surface area contributed by atoms with Crippen LogP contribution in [0.2, 0.25) is 0 Å². The minimum atomic E-state index is 0.465. The van der Waals surface area contributed by atoms with Crippen molar-refractivity contribution in [1.29, 1.82) is 0 Å². The Kier molecular flexibility index (Phi) is 3.91. The first-order valence-corrected chi connectivity index (χ1v) is 7.06. The van der Waals surface area contributed by atoms with Crippen LogP contribution in [0.5, 0.6) is 0 Å². The summed E-state index contributed by atoms with van der Waals surface area (Å²) in [5, 5.41) is 3.70. The maximum absolute atomic E-state index is 3.70. The van der Waals surface area contributed by atoms with E-state index in [0.717, 1.165) is 12.1 Å². The van der Waals surface area contributed by atoms with E-state index in [1.165, 1.54) is 51.6 Å². The van der Waals surface area contributed by atoms with Gasteiger partial charge in [0.15, 0.2) is 0 Å². The van der Waals surface area contributed by atoms with Gasteiger partial charge in [-0.3, -0.25) is 0 Å². The molecule has 0 aromatic rings. The summed E-state index contributed by atoms with van der Waals surface area (Å²) in [6.45, 7) is 7.24. The molecule has 2 saturated carbocycles. The maximum Gasteiger partial charge on any atom is 0.00924 e. The molecule has 1 atom stereocenters. The first-order chi connectivity index (χ1) is 7.63. The fraction of sp³-hybridized carbons (Fsp3) is 1.00. The Morgan fingerprint density at radius 3 is 2.38 bits per heavy atom. The van der Waals surface area contributed by atoms with Crippen molar-refractivity contribution >= 4 is 0 Å². The number of rotatable bonds is 7. The minimum absolute atomic E-state index is 0.465. The molecule has 1 unspecified atom stereocenters. The zero-order chi connectivity index (χ0) is 11.6. The van der Waals surface area contributed by atoms with Crippen LogP contribution >= 0.6 is 0 Å². The highest BCUT2D eigenvalue weighted by Crippen LogP contribution is 2.29. The molecule has 16 heavy (non-hydrogen) atoms. The summed E-state index contributed by atoms with van der Waals surface area (Å²) in [6, 6.07) is 1.73. The molecule has 0 aliphatic heterocycles. The van der Waals surface area contributed by atoms with Crippen LogP contribution in [-0.2, 0) is 0 Å². The molecule has 0 aromatic heterocycles. The lowest BCUT2D eigenvalue weighted by Gasteiger charge is -2.41. The van der Waals surface area contributed by atoms with E-state index in [2.05, 4.69) is 31.1 Å². The molecule has 0 bridgehead atoms. The highest BCUT2D eigenvalue weighted by Gasteiger charge is 2.31. The number of nitrogens with one attached hydrogen (secondary N) is 1. The number of hydrogen-bond acceptors (Lipinski definition) is 2. The highest BCUT2D eigenvalue weighted by molar-refractivity contribution is 4.88. The quantitative estimate of drug-likeness (QED) is 0.715. The topological polar surface area (TPSA) is 15.3 Å². The van der Waals surface area contributed by atoms with Crippen molar-refractivity contribution in [2.24, 2.45) is 5.41 Å². The van der Waals surface area contributed by atoms with E-state index in [1.54, 1.807) is 0 Å². The van der Waals surface area contributed by atoms with E-state index in [4.69, 9.17) is 0 Å². The molecule has 2 fully saturated rings. The van der Waals surface area contributed by atoms with Gasteiger partial charge >= 0.3 is 0 Å². The Hall–Kier alpha value is -0.0800. The molecule has 2 rings (SSSR count). The van der Waals surface area contributed by atoms with E-state index in [9.17, 15) is 0 Å². The van der Waals surface area contributed by atoms with E-state index < -0.39 is 0 Å². The molecule has 2 aliphatic carbocycles. The molecule has 0 amide bonds. The van der Waals surface area contributed by atoms with Crippen molar-refractivity contribution in [3.05, 3.63) is 0 Å². The Balaban J connectivity index is 1.76. The van der Waals surface area contributed by atoms with E-state index in [0.29, 0.717) is 5.41 Å². The van der Waals surface area contributed by atoms with E-state index >= 15 is 0 Å². The monoisotopic (exact) mass is 224 g/mol. The average Bonchev–Trinajstić information content (AvgIpc) is 2.95. The molecule has 0 spiro atoms. The fourth-order valence-electron chi connectivity index (χ4n) is 2.53. The van der Waals surface area contributed by atoms with Crippen LogP contribution in [0.1, 0.15) is 52.4 Å². The molecular weight excluding hydrogens is 196 g/mol. The van der Waals surface area contributed by atoms with Crippen LogP contribution in [-0.4, -0.2) is 37.1 Å². The molecule has 2 nitrogen and oxygen atoms in total. The lowest BCUT2D eigenvalue weighted by atomic mass is 9.84. The van der Waals surface area contributed by atoms with Gasteiger partial charge in [0.2, 0.25) is 0 Å². The summed E-state index contributed by atoms with van der Waals surface area (Å²) < 4.78 is 0. The lowest BCUT2D eigenvalue weighted by Crippen LogP contribution is -2.46. The molecule has 2 aliphatic rings. The van der Waals surface area contributed by atoms with Gasteiger partial charge in [0.1, 0.15) is 0 Å². The van der Waals surface area contributed by atoms with Crippen molar-refractivity contribution < 1.29 is 0 Å². The van der Waals surface area contributed by atoms with Gasteiger partial charge in [-0.15, -0.1) is 0 Å². The number of hydrogen-bond donors (Lipinski definition) is 1. The summed E-state index contributed by atoms with van der Waals surface area (Å²) in [5.41, 5.74) is 0.465. The van der Waals surface area contributed by atoms with E-state index in [1.807, 2.05) is 0 Å². The van der Waals surface area contributed by atoms with E-state index in [-0.39, 0.29) is 0 Å². The normalized spacial score (nSPS) is 25.5. The van der Waals surface area contributed by atoms with Crippen LogP contribution < -0.4 is 5.32 Å². The average molecular weight is 224 g/mol. The van der Waals surface area contributed by atoms with Gasteiger partial charge < -0.3 is 10.2 Å². The second-order valence-electron chi connectivity index (χ2n) is 6.32. The molecular formula is C14H28N2. The summed E-state index contributed by atoms with van der Waals surface area (Å²) >= 11 is 0. The molecule has 0 saturated heterocycles. The maximum atomic E-state index is 3.70. The summed E-state index contributed by atoms with van der Waals surface area (Å²) in [6.07, 6.45) is 8.37. The van der Waals surface area contributed by atoms with Gasteiger partial charge in [0.25, 0.3) is 0 Å². The fourth-order valence-corrected chi connectivity index (χ4v) is 2.53. The second-order valence-corrected chi connectivity index (χ2v) is 6.32. The van der Waals surface area contributed by atoms with Crippen molar-refractivity contribution in [3.8, 4) is 0 Å². The summed E-state index contributed by atoms with van der Waals surface area (Å²) in [7, 11) is 2.31. The van der Waals surface area contributed by atoms with Crippen LogP contribution in [0.25, 0.3) is 0 Å². The van der Waals surface area contributed by atoms with Crippen LogP contribution in [0, 0.1) is 5.41 Å². The van der Waals surface area contributed by atoms with Crippen molar-refractivity contribution in [1.82, 2.24) is 10.2 Å². The van der Waals surface area contributed by atoms with Crippen molar-refractivity contribution in [2.75, 3.05) is 20.1 Å². The summed E-state index contributed by atoms with van der Waals surface area (Å²) in [4.78, 5) is 2.60. The molecule has 2 heteroatoms. The third-order valence-corrected chi connectivity index (χ3v) is 4.58. The zero-order valence-corrected chi connectivity index (χ0v) is 11.3. The molecule has 1 N–H and O–H groups in total. The third-order valence-electron chi connectivity index (χ3n) is 4.58. The lowest BCUT2D eigenvalue weighted by molar-refractivity contribution is 0.0975. The molecule has 0 heterocycles. The SMILES string of the molecule is CCC(C)(CNC1CC1)CN(C)C1CCC1. The van der Waals surface area contributed by atoms with Crippen molar-refractivity contribution in [2.45, 2.75) is 64.5 Å². The van der Waals surface area contributed by atoms with Gasteiger partial charge in [0.05, 0.1) is 0 Å². The summed E-state index contributed by atoms with van der Waals surface area (Å²) in [5.74, 6) is 0. The first kappa shape index (κ1) is 12.4. The largest absolute Gasteiger partial charge is 0.313 e. The second kappa shape index (κ2) is 5.05. The number of nitrogens with zero attached hydrogens (tertiary/aromatic N) is 1. The Bertz CT molecular complexity index is 221. The van der Waals surface area contributed by atoms with Crippen molar-refractivity contribution in [3.63, 3.8) is 0 Å². The van der Waals surface area contributed by atoms with Gasteiger partial charge in [0, 0.05) is 25.2 Å². The predicted octanol–water partition coefficient (Wildman–Crippen LogP) is 2.64. The zero-order valence-electron chi connectivity index (χ0n) is 11.3. The molecule has 0 aromatic carbocycles. The first-order valence-electron chi connectivity index (χ1n) is 7.06. The predicted molar refractivity (Wildman–Crippen MR) is 69.7 cm³/mol. The Morgan fingerprint density at radius 2 is 1.94 bits per heavy atom. The standard InChI is InChI=1S/C14H28N2/c1-4-14(2,10-15-12-8-9-12)11-16(3)13-6-5-7-13/h12-13,15H,4-11H2,1-3H3. The van der Waals surface area contributed by atoms with Gasteiger partial charge in [-0.05, 0) is 44.6 Å². The smallest absolute Gasteiger partial charge is 0.00924 e. The van der Waals surface area contributed by atoms with Gasteiger partial charge in [-0.25, -0.2) is 0 Å².